The molecular weight excluding hydrogens is 292 g/mol. The number of amides is 1. The second-order valence-corrected chi connectivity index (χ2v) is 5.47. The normalized spacial score (nSPS) is 10.7. The molecule has 0 aliphatic carbocycles. The van der Waals surface area contributed by atoms with Gasteiger partial charge >= 0.3 is 0 Å². The number of hydrogen-bond acceptors (Lipinski definition) is 4. The van der Waals surface area contributed by atoms with Crippen LogP contribution in [0.15, 0.2) is 51.7 Å². The molecule has 3 rings (SSSR count). The van der Waals surface area contributed by atoms with Crippen molar-refractivity contribution in [3.8, 4) is 0 Å². The Hall–Kier alpha value is -2.95. The Morgan fingerprint density at radius 1 is 1.17 bits per heavy atom. The summed E-state index contributed by atoms with van der Waals surface area (Å²) in [6.45, 7) is 3.80. The van der Waals surface area contributed by atoms with Crippen LogP contribution in [0.2, 0.25) is 0 Å². The molecule has 5 nitrogen and oxygen atoms in total. The van der Waals surface area contributed by atoms with E-state index in [1.165, 1.54) is 6.07 Å². The molecule has 0 fully saturated rings. The van der Waals surface area contributed by atoms with Crippen LogP contribution in [0.25, 0.3) is 11.0 Å². The van der Waals surface area contributed by atoms with E-state index in [0.717, 1.165) is 11.3 Å². The highest BCUT2D eigenvalue weighted by atomic mass is 16.3. The highest BCUT2D eigenvalue weighted by molar-refractivity contribution is 5.91. The van der Waals surface area contributed by atoms with Crippen LogP contribution in [0.3, 0.4) is 0 Å². The number of nitrogens with zero attached hydrogens (tertiary/aromatic N) is 1. The van der Waals surface area contributed by atoms with Gasteiger partial charge in [0.2, 0.25) is 5.91 Å². The van der Waals surface area contributed by atoms with Gasteiger partial charge in [0.15, 0.2) is 5.43 Å². The highest BCUT2D eigenvalue weighted by Crippen LogP contribution is 2.13. The Kier molecular flexibility index (Phi) is 3.93. The number of benzene rings is 1. The van der Waals surface area contributed by atoms with E-state index in [0.29, 0.717) is 22.5 Å². The molecular formula is C18H16N2O3. The van der Waals surface area contributed by atoms with E-state index < -0.39 is 0 Å². The molecule has 0 saturated heterocycles. The Bertz CT molecular complexity index is 924. The fourth-order valence-corrected chi connectivity index (χ4v) is 2.49. The average Bonchev–Trinajstić information content (AvgIpc) is 2.46. The van der Waals surface area contributed by atoms with Gasteiger partial charge in [-0.1, -0.05) is 12.1 Å². The Balaban J connectivity index is 1.81. The summed E-state index contributed by atoms with van der Waals surface area (Å²) >= 11 is 0. The van der Waals surface area contributed by atoms with Crippen LogP contribution in [0.5, 0.6) is 0 Å². The molecule has 0 radical (unpaired) electrons. The van der Waals surface area contributed by atoms with Gasteiger partial charge in [-0.2, -0.15) is 0 Å². The standard InChI is InChI=1S/C18H16N2O3/c1-11-7-12(2)19-17(8-11)20-18(22)10-13-9-15(21)14-5-3-4-6-16(14)23-13/h3-9H,10H2,1-2H3,(H,19,20,22). The van der Waals surface area contributed by atoms with Gasteiger partial charge < -0.3 is 9.73 Å². The van der Waals surface area contributed by atoms with Crippen molar-refractivity contribution in [1.82, 2.24) is 4.98 Å². The van der Waals surface area contributed by atoms with Gasteiger partial charge in [0.25, 0.3) is 0 Å². The summed E-state index contributed by atoms with van der Waals surface area (Å²) in [6, 6.07) is 12.1. The largest absolute Gasteiger partial charge is 0.460 e. The molecule has 2 aromatic heterocycles. The minimum atomic E-state index is -0.277. The third-order valence-corrected chi connectivity index (χ3v) is 3.39. The van der Waals surface area contributed by atoms with E-state index in [-0.39, 0.29) is 17.8 Å². The number of rotatable bonds is 3. The fourth-order valence-electron chi connectivity index (χ4n) is 2.49. The molecule has 2 heterocycles. The molecule has 0 bridgehead atoms. The molecule has 0 unspecified atom stereocenters. The number of carbonyl (C=O) groups is 1. The molecule has 1 amide bonds. The second-order valence-electron chi connectivity index (χ2n) is 5.47. The number of fused-ring (bicyclic) bond motifs is 1. The molecule has 1 N–H and O–H groups in total. The lowest BCUT2D eigenvalue weighted by atomic mass is 10.2. The van der Waals surface area contributed by atoms with E-state index in [9.17, 15) is 9.59 Å². The topological polar surface area (TPSA) is 72.2 Å². The number of nitrogens with one attached hydrogen (secondary N) is 1. The van der Waals surface area contributed by atoms with Crippen molar-refractivity contribution in [3.05, 3.63) is 69.7 Å². The van der Waals surface area contributed by atoms with Crippen molar-refractivity contribution in [2.45, 2.75) is 20.3 Å². The first kappa shape index (κ1) is 15.0. The lowest BCUT2D eigenvalue weighted by molar-refractivity contribution is -0.115. The smallest absolute Gasteiger partial charge is 0.233 e. The van der Waals surface area contributed by atoms with E-state index >= 15 is 0 Å². The summed E-state index contributed by atoms with van der Waals surface area (Å²) in [6.07, 6.45) is -0.0191. The lowest BCUT2D eigenvalue weighted by Gasteiger charge is -2.07. The zero-order chi connectivity index (χ0) is 16.4. The number of aromatic nitrogens is 1. The van der Waals surface area contributed by atoms with Gasteiger partial charge in [-0.15, -0.1) is 0 Å². The molecule has 5 heteroatoms. The third kappa shape index (κ3) is 3.45. The number of hydrogen-bond donors (Lipinski definition) is 1. The maximum absolute atomic E-state index is 12.1. The van der Waals surface area contributed by atoms with Gasteiger partial charge in [0.05, 0.1) is 11.8 Å². The monoisotopic (exact) mass is 308 g/mol. The Morgan fingerprint density at radius 3 is 2.74 bits per heavy atom. The molecule has 0 aliphatic heterocycles. The van der Waals surface area contributed by atoms with Crippen LogP contribution < -0.4 is 10.7 Å². The van der Waals surface area contributed by atoms with Crippen LogP contribution in [0.4, 0.5) is 5.82 Å². The molecule has 0 saturated carbocycles. The molecule has 0 aliphatic rings. The number of carbonyl (C=O) groups excluding carboxylic acids is 1. The van der Waals surface area contributed by atoms with Crippen LogP contribution in [0.1, 0.15) is 17.0 Å². The maximum atomic E-state index is 12.1. The Morgan fingerprint density at radius 2 is 1.96 bits per heavy atom. The highest BCUT2D eigenvalue weighted by Gasteiger charge is 2.10. The molecule has 23 heavy (non-hydrogen) atoms. The molecule has 1 aromatic carbocycles. The van der Waals surface area contributed by atoms with Crippen molar-refractivity contribution >= 4 is 22.7 Å². The van der Waals surface area contributed by atoms with Crippen LogP contribution in [-0.2, 0) is 11.2 Å². The summed E-state index contributed by atoms with van der Waals surface area (Å²) in [5.41, 5.74) is 2.18. The summed E-state index contributed by atoms with van der Waals surface area (Å²) < 4.78 is 5.62. The minimum Gasteiger partial charge on any atom is -0.460 e. The van der Waals surface area contributed by atoms with Crippen molar-refractivity contribution < 1.29 is 9.21 Å². The zero-order valence-corrected chi connectivity index (χ0v) is 12.9. The van der Waals surface area contributed by atoms with Crippen molar-refractivity contribution in [2.24, 2.45) is 0 Å². The summed E-state index contributed by atoms with van der Waals surface area (Å²) in [5, 5.41) is 3.23. The third-order valence-electron chi connectivity index (χ3n) is 3.39. The number of aryl methyl sites for hydroxylation is 2. The first-order valence-electron chi connectivity index (χ1n) is 7.28. The predicted molar refractivity (Wildman–Crippen MR) is 88.5 cm³/mol. The molecule has 116 valence electrons. The van der Waals surface area contributed by atoms with Crippen LogP contribution in [0, 0.1) is 13.8 Å². The summed E-state index contributed by atoms with van der Waals surface area (Å²) in [5.74, 6) is 0.548. The quantitative estimate of drug-likeness (QED) is 0.807. The van der Waals surface area contributed by atoms with E-state index in [1.807, 2.05) is 19.9 Å². The van der Waals surface area contributed by atoms with Crippen molar-refractivity contribution in [2.75, 3.05) is 5.32 Å². The molecule has 0 atom stereocenters. The molecule has 3 aromatic rings. The van der Waals surface area contributed by atoms with Gasteiger partial charge in [0, 0.05) is 11.8 Å². The first-order valence-corrected chi connectivity index (χ1v) is 7.28. The summed E-state index contributed by atoms with van der Waals surface area (Å²) in [7, 11) is 0. The number of para-hydroxylation sites is 1. The summed E-state index contributed by atoms with van der Waals surface area (Å²) in [4.78, 5) is 28.4. The van der Waals surface area contributed by atoms with Gasteiger partial charge in [0.1, 0.15) is 17.2 Å². The lowest BCUT2D eigenvalue weighted by Crippen LogP contribution is -2.16. The van der Waals surface area contributed by atoms with Crippen molar-refractivity contribution in [3.63, 3.8) is 0 Å². The van der Waals surface area contributed by atoms with Gasteiger partial charge in [-0.3, -0.25) is 9.59 Å². The second kappa shape index (κ2) is 6.04. The number of anilines is 1. The fraction of sp³-hybridized carbons (Fsp3) is 0.167. The minimum absolute atomic E-state index is 0.0191. The zero-order valence-electron chi connectivity index (χ0n) is 12.9. The van der Waals surface area contributed by atoms with Crippen LogP contribution >= 0.6 is 0 Å². The SMILES string of the molecule is Cc1cc(C)nc(NC(=O)Cc2cc(=O)c3ccccc3o2)c1. The predicted octanol–water partition coefficient (Wildman–Crippen LogP) is 2.99. The maximum Gasteiger partial charge on any atom is 0.233 e. The van der Waals surface area contributed by atoms with Gasteiger partial charge in [-0.25, -0.2) is 4.98 Å². The average molecular weight is 308 g/mol. The van der Waals surface area contributed by atoms with E-state index in [1.54, 1.807) is 30.3 Å². The van der Waals surface area contributed by atoms with E-state index in [4.69, 9.17) is 4.42 Å². The Labute approximate surface area is 133 Å². The van der Waals surface area contributed by atoms with E-state index in [2.05, 4.69) is 10.3 Å². The van der Waals surface area contributed by atoms with Crippen molar-refractivity contribution in [1.29, 1.82) is 0 Å². The molecule has 0 spiro atoms. The first-order chi connectivity index (χ1) is 11.0. The van der Waals surface area contributed by atoms with Crippen LogP contribution in [-0.4, -0.2) is 10.9 Å². The number of pyridine rings is 1. The van der Waals surface area contributed by atoms with Gasteiger partial charge in [-0.05, 0) is 43.7 Å².